The van der Waals surface area contributed by atoms with Crippen LogP contribution in [0.15, 0.2) is 41.0 Å². The molecule has 0 aliphatic heterocycles. The van der Waals surface area contributed by atoms with Gasteiger partial charge >= 0.3 is 12.1 Å². The van der Waals surface area contributed by atoms with Crippen LogP contribution in [-0.4, -0.2) is 53.4 Å². The normalized spacial score (nSPS) is 10.6. The predicted molar refractivity (Wildman–Crippen MR) is 137 cm³/mol. The molecule has 0 fully saturated rings. The predicted octanol–water partition coefficient (Wildman–Crippen LogP) is 4.23. The molecule has 2 aromatic heterocycles. The fourth-order valence-electron chi connectivity index (χ4n) is 2.92. The van der Waals surface area contributed by atoms with E-state index in [1.165, 1.54) is 19.3 Å². The average molecular weight is 618 g/mol. The Morgan fingerprint density at radius 3 is 2.68 bits per heavy atom. The summed E-state index contributed by atoms with van der Waals surface area (Å²) in [6, 6.07) is 6.77. The minimum absolute atomic E-state index is 0.00217. The Morgan fingerprint density at radius 1 is 1.22 bits per heavy atom. The number of halogens is 4. The highest BCUT2D eigenvalue weighted by molar-refractivity contribution is 9.10. The quantitative estimate of drug-likeness (QED) is 0.342. The molecule has 1 aromatic carbocycles. The van der Waals surface area contributed by atoms with Gasteiger partial charge in [-0.15, -0.1) is 0 Å². The van der Waals surface area contributed by atoms with Gasteiger partial charge in [-0.25, -0.2) is 18.9 Å². The third kappa shape index (κ3) is 7.16. The summed E-state index contributed by atoms with van der Waals surface area (Å²) >= 11 is 15.4. The van der Waals surface area contributed by atoms with Crippen LogP contribution in [0.5, 0.6) is 0 Å². The molecule has 0 radical (unpaired) electrons. The van der Waals surface area contributed by atoms with Crippen molar-refractivity contribution in [2.24, 2.45) is 0 Å². The van der Waals surface area contributed by atoms with Crippen LogP contribution in [-0.2, 0) is 27.6 Å². The van der Waals surface area contributed by atoms with Gasteiger partial charge in [0.1, 0.15) is 23.4 Å². The third-order valence-electron chi connectivity index (χ3n) is 4.71. The number of pyridine rings is 1. The lowest BCUT2D eigenvalue weighted by molar-refractivity contribution is -0.143. The highest BCUT2D eigenvalue weighted by atomic mass is 79.9. The summed E-state index contributed by atoms with van der Waals surface area (Å²) in [5.41, 5.74) is 0.524. The Hall–Kier alpha value is -3.26. The number of aromatic nitrogens is 3. The SMILES string of the molecule is CNCC(=O)OCc1cccnc1N(C)C(=O)OCn1nc(C(=O)Nc2ccc(F)cc2Cl)c(Br)c1Cl. The number of ether oxygens (including phenoxy) is 2. The molecule has 0 bridgehead atoms. The Bertz CT molecular complexity index is 1320. The Kier molecular flexibility index (Phi) is 9.80. The van der Waals surface area contributed by atoms with Crippen molar-refractivity contribution in [2.75, 3.05) is 30.9 Å². The summed E-state index contributed by atoms with van der Waals surface area (Å²) < 4.78 is 24.9. The van der Waals surface area contributed by atoms with Gasteiger partial charge in [-0.05, 0) is 47.2 Å². The van der Waals surface area contributed by atoms with Crippen molar-refractivity contribution >= 4 is 68.6 Å². The number of esters is 1. The Morgan fingerprint density at radius 2 is 1.97 bits per heavy atom. The van der Waals surface area contributed by atoms with E-state index in [2.05, 4.69) is 36.6 Å². The van der Waals surface area contributed by atoms with Crippen LogP contribution in [0.3, 0.4) is 0 Å². The Labute approximate surface area is 229 Å². The molecule has 0 aliphatic rings. The molecule has 3 aromatic rings. The number of rotatable bonds is 9. The molecule has 0 atom stereocenters. The number of carbonyl (C=O) groups excluding carboxylic acids is 3. The second kappa shape index (κ2) is 12.8. The fourth-order valence-corrected chi connectivity index (χ4v) is 3.78. The van der Waals surface area contributed by atoms with Gasteiger partial charge in [-0.3, -0.25) is 14.5 Å². The maximum Gasteiger partial charge on any atom is 0.417 e. The minimum Gasteiger partial charge on any atom is -0.460 e. The summed E-state index contributed by atoms with van der Waals surface area (Å²) in [5, 5.41) is 9.25. The molecule has 0 spiro atoms. The molecule has 37 heavy (non-hydrogen) atoms. The number of nitrogens with zero attached hydrogens (tertiary/aromatic N) is 4. The zero-order valence-electron chi connectivity index (χ0n) is 19.4. The Balaban J connectivity index is 1.67. The lowest BCUT2D eigenvalue weighted by Gasteiger charge is -2.19. The van der Waals surface area contributed by atoms with E-state index >= 15 is 0 Å². The first-order chi connectivity index (χ1) is 17.6. The van der Waals surface area contributed by atoms with Crippen LogP contribution in [0.2, 0.25) is 10.2 Å². The number of benzene rings is 1. The molecule has 2 N–H and O–H groups in total. The third-order valence-corrected chi connectivity index (χ3v) is 6.39. The highest BCUT2D eigenvalue weighted by Crippen LogP contribution is 2.29. The van der Waals surface area contributed by atoms with Crippen molar-refractivity contribution in [3.63, 3.8) is 0 Å². The molecular formula is C22H20BrCl2FN6O5. The number of carbonyl (C=O) groups is 3. The highest BCUT2D eigenvalue weighted by Gasteiger charge is 2.23. The van der Waals surface area contributed by atoms with Gasteiger partial charge < -0.3 is 20.1 Å². The molecule has 2 heterocycles. The van der Waals surface area contributed by atoms with Gasteiger partial charge in [0.15, 0.2) is 12.4 Å². The van der Waals surface area contributed by atoms with Gasteiger partial charge in [0.05, 0.1) is 21.7 Å². The molecule has 0 unspecified atom stereocenters. The molecule has 3 rings (SSSR count). The summed E-state index contributed by atoms with van der Waals surface area (Å²) in [6.45, 7) is -0.509. The van der Waals surface area contributed by atoms with Crippen LogP contribution in [0.4, 0.5) is 20.7 Å². The zero-order valence-corrected chi connectivity index (χ0v) is 22.5. The van der Waals surface area contributed by atoms with Crippen LogP contribution in [0.1, 0.15) is 16.1 Å². The van der Waals surface area contributed by atoms with E-state index in [1.807, 2.05) is 0 Å². The summed E-state index contributed by atoms with van der Waals surface area (Å²) in [7, 11) is 3.04. The monoisotopic (exact) mass is 616 g/mol. The van der Waals surface area contributed by atoms with Crippen molar-refractivity contribution in [2.45, 2.75) is 13.3 Å². The van der Waals surface area contributed by atoms with Gasteiger partial charge in [0.2, 0.25) is 0 Å². The lowest BCUT2D eigenvalue weighted by Crippen LogP contribution is -2.30. The summed E-state index contributed by atoms with van der Waals surface area (Å²) in [6.07, 6.45) is 0.658. The van der Waals surface area contributed by atoms with Crippen molar-refractivity contribution < 1.29 is 28.2 Å². The van der Waals surface area contributed by atoms with Crippen LogP contribution < -0.4 is 15.5 Å². The van der Waals surface area contributed by atoms with Gasteiger partial charge in [0, 0.05) is 18.8 Å². The van der Waals surface area contributed by atoms with E-state index in [-0.39, 0.29) is 45.0 Å². The van der Waals surface area contributed by atoms with E-state index in [9.17, 15) is 18.8 Å². The lowest BCUT2D eigenvalue weighted by atomic mass is 10.2. The number of nitrogens with one attached hydrogen (secondary N) is 2. The van der Waals surface area contributed by atoms with E-state index in [1.54, 1.807) is 19.2 Å². The molecule has 2 amide bonds. The minimum atomic E-state index is -0.812. The van der Waals surface area contributed by atoms with Crippen LogP contribution in [0, 0.1) is 5.82 Å². The maximum absolute atomic E-state index is 13.3. The topological polar surface area (TPSA) is 128 Å². The molecule has 0 aliphatic carbocycles. The second-order valence-corrected chi connectivity index (χ2v) is 8.86. The van der Waals surface area contributed by atoms with Crippen LogP contribution in [0.25, 0.3) is 0 Å². The standard InChI is InChI=1S/C22H20BrCl2FN6O5/c1-27-9-16(33)36-10-12-4-3-7-28-20(12)31(2)22(35)37-11-32-19(25)17(23)18(30-32)21(34)29-15-6-5-13(26)8-14(15)24/h3-8,27H,9-11H2,1-2H3,(H,29,34). The first kappa shape index (κ1) is 28.3. The molecule has 196 valence electrons. The van der Waals surface area contributed by atoms with Gasteiger partial charge in [-0.1, -0.05) is 29.3 Å². The maximum atomic E-state index is 13.3. The van der Waals surface area contributed by atoms with Crippen LogP contribution >= 0.6 is 39.1 Å². The summed E-state index contributed by atoms with van der Waals surface area (Å²) in [5.74, 6) is -1.50. The number of anilines is 2. The fraction of sp³-hybridized carbons (Fsp3) is 0.227. The molecule has 0 saturated carbocycles. The smallest absolute Gasteiger partial charge is 0.417 e. The zero-order chi connectivity index (χ0) is 27.1. The number of hydrogen-bond donors (Lipinski definition) is 2. The van der Waals surface area contributed by atoms with E-state index in [4.69, 9.17) is 32.7 Å². The first-order valence-corrected chi connectivity index (χ1v) is 12.0. The largest absolute Gasteiger partial charge is 0.460 e. The van der Waals surface area contributed by atoms with Crippen molar-refractivity contribution in [1.29, 1.82) is 0 Å². The molecule has 0 saturated heterocycles. The average Bonchev–Trinajstić information content (AvgIpc) is 3.16. The number of amides is 2. The molecule has 11 nitrogen and oxygen atoms in total. The van der Waals surface area contributed by atoms with E-state index in [0.29, 0.717) is 5.56 Å². The van der Waals surface area contributed by atoms with Crippen molar-refractivity contribution in [1.82, 2.24) is 20.1 Å². The van der Waals surface area contributed by atoms with Crippen molar-refractivity contribution in [3.8, 4) is 0 Å². The van der Waals surface area contributed by atoms with Gasteiger partial charge in [0.25, 0.3) is 5.91 Å². The summed E-state index contributed by atoms with van der Waals surface area (Å²) in [4.78, 5) is 42.3. The second-order valence-electron chi connectivity index (χ2n) is 7.31. The van der Waals surface area contributed by atoms with Gasteiger partial charge in [-0.2, -0.15) is 5.10 Å². The van der Waals surface area contributed by atoms with Crippen molar-refractivity contribution in [3.05, 3.63) is 68.3 Å². The van der Waals surface area contributed by atoms with E-state index in [0.717, 1.165) is 21.7 Å². The molecular weight excluding hydrogens is 598 g/mol. The molecule has 15 heteroatoms. The first-order valence-electron chi connectivity index (χ1n) is 10.4. The number of likely N-dealkylation sites (N-methyl/N-ethyl adjacent to an activating group) is 1. The number of hydrogen-bond acceptors (Lipinski definition) is 8. The van der Waals surface area contributed by atoms with E-state index < -0.39 is 30.5 Å².